The van der Waals surface area contributed by atoms with Gasteiger partial charge in [0.15, 0.2) is 0 Å². The van der Waals surface area contributed by atoms with Crippen LogP contribution in [0.15, 0.2) is 59.7 Å². The number of nitrogens with one attached hydrogen (secondary N) is 3. The Balaban J connectivity index is 1.26. The molecule has 1 aromatic carbocycles. The topological polar surface area (TPSA) is 85.9 Å². The molecule has 6 rings (SSSR count). The number of fused-ring (bicyclic) bond motifs is 1. The van der Waals surface area contributed by atoms with Gasteiger partial charge in [-0.3, -0.25) is 4.79 Å². The maximum atomic E-state index is 12.8. The molecule has 2 aliphatic rings. The SMILES string of the molecule is CCCc1ccnc(Nc2cc3cc[nH]c(=O)c3c(Nc3ccc(C4CCN(C5CC5)CC4)c(C)c3)n2)c1. The van der Waals surface area contributed by atoms with Crippen molar-refractivity contribution in [1.82, 2.24) is 19.9 Å². The second kappa shape index (κ2) is 10.6. The number of piperidine rings is 1. The number of H-pyrrole nitrogens is 1. The Morgan fingerprint density at radius 2 is 1.84 bits per heavy atom. The van der Waals surface area contributed by atoms with Gasteiger partial charge in [-0.1, -0.05) is 19.4 Å². The van der Waals surface area contributed by atoms with Crippen molar-refractivity contribution in [3.8, 4) is 0 Å². The van der Waals surface area contributed by atoms with E-state index >= 15 is 0 Å². The van der Waals surface area contributed by atoms with Gasteiger partial charge in [-0.25, -0.2) is 9.97 Å². The number of hydrogen-bond donors (Lipinski definition) is 3. The number of anilines is 4. The monoisotopic (exact) mass is 508 g/mol. The highest BCUT2D eigenvalue weighted by Gasteiger charge is 2.32. The van der Waals surface area contributed by atoms with Crippen LogP contribution in [0.1, 0.15) is 61.6 Å². The molecule has 1 saturated carbocycles. The van der Waals surface area contributed by atoms with E-state index in [2.05, 4.69) is 63.6 Å². The Morgan fingerprint density at radius 3 is 2.61 bits per heavy atom. The van der Waals surface area contributed by atoms with E-state index in [4.69, 9.17) is 4.98 Å². The molecule has 1 aliphatic heterocycles. The van der Waals surface area contributed by atoms with Gasteiger partial charge in [0.25, 0.3) is 5.56 Å². The van der Waals surface area contributed by atoms with Gasteiger partial charge in [-0.05, 0) is 117 Å². The molecule has 7 heteroatoms. The number of benzene rings is 1. The Morgan fingerprint density at radius 1 is 1.00 bits per heavy atom. The van der Waals surface area contributed by atoms with Crippen LogP contribution in [0.25, 0.3) is 10.8 Å². The number of aryl methyl sites for hydroxylation is 2. The highest BCUT2D eigenvalue weighted by atomic mass is 16.1. The summed E-state index contributed by atoms with van der Waals surface area (Å²) in [5.74, 6) is 2.53. The minimum atomic E-state index is -0.164. The molecule has 4 aromatic rings. The van der Waals surface area contributed by atoms with Gasteiger partial charge < -0.3 is 20.5 Å². The molecule has 0 bridgehead atoms. The molecular weight excluding hydrogens is 472 g/mol. The van der Waals surface area contributed by atoms with Crippen LogP contribution in [0.5, 0.6) is 0 Å². The summed E-state index contributed by atoms with van der Waals surface area (Å²) >= 11 is 0. The molecule has 0 spiro atoms. The third kappa shape index (κ3) is 5.29. The number of pyridine rings is 3. The van der Waals surface area contributed by atoms with Crippen molar-refractivity contribution in [2.24, 2.45) is 0 Å². The average Bonchev–Trinajstić information content (AvgIpc) is 3.75. The zero-order valence-electron chi connectivity index (χ0n) is 22.3. The summed E-state index contributed by atoms with van der Waals surface area (Å²) in [4.78, 5) is 27.6. The minimum absolute atomic E-state index is 0.164. The van der Waals surface area contributed by atoms with Gasteiger partial charge >= 0.3 is 0 Å². The molecule has 7 nitrogen and oxygen atoms in total. The third-order valence-electron chi connectivity index (χ3n) is 7.94. The van der Waals surface area contributed by atoms with Crippen molar-refractivity contribution in [3.63, 3.8) is 0 Å². The number of nitrogens with zero attached hydrogens (tertiary/aromatic N) is 3. The summed E-state index contributed by atoms with van der Waals surface area (Å²) in [5, 5.41) is 8.14. The van der Waals surface area contributed by atoms with Crippen LogP contribution in [-0.2, 0) is 6.42 Å². The van der Waals surface area contributed by atoms with Crippen molar-refractivity contribution >= 4 is 33.9 Å². The van der Waals surface area contributed by atoms with E-state index in [1.165, 1.54) is 55.5 Å². The van der Waals surface area contributed by atoms with E-state index in [9.17, 15) is 4.79 Å². The first kappa shape index (κ1) is 24.6. The number of rotatable bonds is 8. The number of hydrogen-bond acceptors (Lipinski definition) is 6. The Kier molecular flexibility index (Phi) is 6.85. The first-order valence-corrected chi connectivity index (χ1v) is 13.9. The fourth-order valence-electron chi connectivity index (χ4n) is 5.85. The van der Waals surface area contributed by atoms with Crippen molar-refractivity contribution in [2.75, 3.05) is 23.7 Å². The summed E-state index contributed by atoms with van der Waals surface area (Å²) in [6, 6.07) is 15.3. The lowest BCUT2D eigenvalue weighted by Gasteiger charge is -2.33. The molecule has 0 radical (unpaired) electrons. The van der Waals surface area contributed by atoms with Crippen molar-refractivity contribution in [3.05, 3.63) is 81.9 Å². The molecular formula is C31H36N6O. The lowest BCUT2D eigenvalue weighted by molar-refractivity contribution is 0.203. The van der Waals surface area contributed by atoms with Crippen LogP contribution in [-0.4, -0.2) is 39.0 Å². The van der Waals surface area contributed by atoms with E-state index < -0.39 is 0 Å². The first-order chi connectivity index (χ1) is 18.6. The summed E-state index contributed by atoms with van der Waals surface area (Å²) < 4.78 is 0. The predicted molar refractivity (Wildman–Crippen MR) is 155 cm³/mol. The van der Waals surface area contributed by atoms with Gasteiger partial charge in [-0.2, -0.15) is 0 Å². The lowest BCUT2D eigenvalue weighted by atomic mass is 9.86. The molecule has 38 heavy (non-hydrogen) atoms. The first-order valence-electron chi connectivity index (χ1n) is 13.9. The summed E-state index contributed by atoms with van der Waals surface area (Å²) in [6.07, 6.45) is 10.8. The zero-order chi connectivity index (χ0) is 26.1. The van der Waals surface area contributed by atoms with Gasteiger partial charge in [-0.15, -0.1) is 0 Å². The predicted octanol–water partition coefficient (Wildman–Crippen LogP) is 6.41. The number of aromatic nitrogens is 3. The maximum absolute atomic E-state index is 12.8. The molecule has 3 N–H and O–H groups in total. The largest absolute Gasteiger partial charge is 0.339 e. The number of likely N-dealkylation sites (tertiary alicyclic amines) is 1. The second-order valence-corrected chi connectivity index (χ2v) is 10.8. The fraction of sp³-hybridized carbons (Fsp3) is 0.387. The second-order valence-electron chi connectivity index (χ2n) is 10.8. The van der Waals surface area contributed by atoms with Crippen molar-refractivity contribution in [2.45, 2.75) is 64.3 Å². The molecule has 4 heterocycles. The van der Waals surface area contributed by atoms with Gasteiger partial charge in [0.1, 0.15) is 17.5 Å². The van der Waals surface area contributed by atoms with Crippen molar-refractivity contribution in [1.29, 1.82) is 0 Å². The third-order valence-corrected chi connectivity index (χ3v) is 7.94. The standard InChI is InChI=1S/C31H36N6O/c1-3-4-21-9-13-32-27(18-21)35-28-19-23-10-14-33-31(38)29(23)30(36-28)34-24-5-8-26(20(2)17-24)22-11-15-37(16-12-22)25-6-7-25/h5,8-10,13-14,17-19,22,25H,3-4,6-7,11-12,15-16H2,1-2H3,(H,33,38)(H2,32,34,35,36). The molecule has 2 fully saturated rings. The smallest absolute Gasteiger partial charge is 0.259 e. The molecule has 0 atom stereocenters. The van der Waals surface area contributed by atoms with Gasteiger partial charge in [0.2, 0.25) is 0 Å². The minimum Gasteiger partial charge on any atom is -0.339 e. The average molecular weight is 509 g/mol. The Hall–Kier alpha value is -3.71. The van der Waals surface area contributed by atoms with Crippen LogP contribution < -0.4 is 16.2 Å². The molecule has 3 aromatic heterocycles. The molecule has 0 amide bonds. The van der Waals surface area contributed by atoms with Crippen LogP contribution >= 0.6 is 0 Å². The van der Waals surface area contributed by atoms with Crippen LogP contribution in [0.3, 0.4) is 0 Å². The molecule has 0 unspecified atom stereocenters. The summed E-state index contributed by atoms with van der Waals surface area (Å²) in [7, 11) is 0. The van der Waals surface area contributed by atoms with Crippen LogP contribution in [0, 0.1) is 6.92 Å². The highest BCUT2D eigenvalue weighted by Crippen LogP contribution is 2.36. The van der Waals surface area contributed by atoms with Crippen LogP contribution in [0.2, 0.25) is 0 Å². The highest BCUT2D eigenvalue weighted by molar-refractivity contribution is 5.94. The van der Waals surface area contributed by atoms with Gasteiger partial charge in [0, 0.05) is 24.1 Å². The number of aromatic amines is 1. The fourth-order valence-corrected chi connectivity index (χ4v) is 5.85. The molecule has 196 valence electrons. The van der Waals surface area contributed by atoms with E-state index in [0.29, 0.717) is 22.9 Å². The normalized spacial score (nSPS) is 16.6. The molecule has 1 saturated heterocycles. The Bertz CT molecular complexity index is 1500. The van der Waals surface area contributed by atoms with Gasteiger partial charge in [0.05, 0.1) is 5.39 Å². The zero-order valence-corrected chi connectivity index (χ0v) is 22.3. The maximum Gasteiger partial charge on any atom is 0.259 e. The lowest BCUT2D eigenvalue weighted by Crippen LogP contribution is -2.34. The summed E-state index contributed by atoms with van der Waals surface area (Å²) in [6.45, 7) is 6.78. The van der Waals surface area contributed by atoms with Crippen LogP contribution in [0.4, 0.5) is 23.1 Å². The van der Waals surface area contributed by atoms with E-state index in [1.54, 1.807) is 6.20 Å². The van der Waals surface area contributed by atoms with Crippen molar-refractivity contribution < 1.29 is 0 Å². The van der Waals surface area contributed by atoms with E-state index in [-0.39, 0.29) is 5.56 Å². The molecule has 1 aliphatic carbocycles. The van der Waals surface area contributed by atoms with E-state index in [0.717, 1.165) is 35.8 Å². The quantitative estimate of drug-likeness (QED) is 0.255. The Labute approximate surface area is 223 Å². The van der Waals surface area contributed by atoms with E-state index in [1.807, 2.05) is 24.4 Å². The summed E-state index contributed by atoms with van der Waals surface area (Å²) in [5.41, 5.74) is 4.72.